The average molecular weight is 290 g/mol. The van der Waals surface area contributed by atoms with Gasteiger partial charge in [-0.05, 0) is 13.0 Å². The van der Waals surface area contributed by atoms with Crippen molar-refractivity contribution in [1.29, 1.82) is 0 Å². The van der Waals surface area contributed by atoms with Gasteiger partial charge in [0.25, 0.3) is 0 Å². The van der Waals surface area contributed by atoms with E-state index in [2.05, 4.69) is 21.9 Å². The Morgan fingerprint density at radius 1 is 1.33 bits per heavy atom. The SMILES string of the molecule is CCn1ccnc1CC(NN)c1ccc(OC)cc1OC. The number of nitrogens with two attached hydrogens (primary N) is 1. The number of benzene rings is 1. The van der Waals surface area contributed by atoms with Gasteiger partial charge >= 0.3 is 0 Å². The second kappa shape index (κ2) is 7.10. The zero-order chi connectivity index (χ0) is 15.2. The topological polar surface area (TPSA) is 74.3 Å². The van der Waals surface area contributed by atoms with Crippen LogP contribution in [0.25, 0.3) is 0 Å². The van der Waals surface area contributed by atoms with Crippen molar-refractivity contribution in [3.05, 3.63) is 42.0 Å². The van der Waals surface area contributed by atoms with Crippen LogP contribution in [-0.4, -0.2) is 23.8 Å². The van der Waals surface area contributed by atoms with E-state index in [-0.39, 0.29) is 6.04 Å². The van der Waals surface area contributed by atoms with Crippen molar-refractivity contribution in [2.45, 2.75) is 25.9 Å². The molecule has 0 saturated carbocycles. The van der Waals surface area contributed by atoms with E-state index in [0.717, 1.165) is 29.4 Å². The summed E-state index contributed by atoms with van der Waals surface area (Å²) < 4.78 is 12.8. The molecule has 0 aliphatic heterocycles. The van der Waals surface area contributed by atoms with E-state index < -0.39 is 0 Å². The molecule has 2 aromatic rings. The van der Waals surface area contributed by atoms with Gasteiger partial charge in [-0.15, -0.1) is 0 Å². The van der Waals surface area contributed by atoms with Crippen LogP contribution in [0.5, 0.6) is 11.5 Å². The van der Waals surface area contributed by atoms with E-state index in [0.29, 0.717) is 6.42 Å². The van der Waals surface area contributed by atoms with Crippen molar-refractivity contribution in [3.63, 3.8) is 0 Å². The van der Waals surface area contributed by atoms with Crippen molar-refractivity contribution in [1.82, 2.24) is 15.0 Å². The number of aromatic nitrogens is 2. The third-order valence-corrected chi connectivity index (χ3v) is 3.55. The Bertz CT molecular complexity index is 583. The van der Waals surface area contributed by atoms with Crippen LogP contribution in [0.1, 0.15) is 24.4 Å². The van der Waals surface area contributed by atoms with Gasteiger partial charge in [0, 0.05) is 37.0 Å². The molecule has 1 heterocycles. The Morgan fingerprint density at radius 3 is 2.76 bits per heavy atom. The number of ether oxygens (including phenoxy) is 2. The lowest BCUT2D eigenvalue weighted by molar-refractivity contribution is 0.383. The summed E-state index contributed by atoms with van der Waals surface area (Å²) in [6.07, 6.45) is 4.45. The highest BCUT2D eigenvalue weighted by molar-refractivity contribution is 5.42. The van der Waals surface area contributed by atoms with Crippen LogP contribution >= 0.6 is 0 Å². The number of hydrazine groups is 1. The van der Waals surface area contributed by atoms with Crippen LogP contribution in [0.3, 0.4) is 0 Å². The van der Waals surface area contributed by atoms with Crippen molar-refractivity contribution in [2.24, 2.45) is 5.84 Å². The van der Waals surface area contributed by atoms with Gasteiger partial charge in [-0.3, -0.25) is 11.3 Å². The molecule has 1 atom stereocenters. The predicted octanol–water partition coefficient (Wildman–Crippen LogP) is 1.67. The first-order chi connectivity index (χ1) is 10.2. The minimum Gasteiger partial charge on any atom is -0.497 e. The van der Waals surface area contributed by atoms with Gasteiger partial charge in [0.1, 0.15) is 17.3 Å². The molecule has 1 unspecified atom stereocenters. The molecule has 6 heteroatoms. The average Bonchev–Trinajstić information content (AvgIpc) is 2.99. The highest BCUT2D eigenvalue weighted by Crippen LogP contribution is 2.30. The molecule has 21 heavy (non-hydrogen) atoms. The summed E-state index contributed by atoms with van der Waals surface area (Å²) in [4.78, 5) is 4.39. The van der Waals surface area contributed by atoms with E-state index in [1.165, 1.54) is 0 Å². The highest BCUT2D eigenvalue weighted by atomic mass is 16.5. The maximum absolute atomic E-state index is 5.73. The molecule has 0 aliphatic carbocycles. The summed E-state index contributed by atoms with van der Waals surface area (Å²) in [6.45, 7) is 2.97. The predicted molar refractivity (Wildman–Crippen MR) is 81.2 cm³/mol. The van der Waals surface area contributed by atoms with Gasteiger partial charge in [-0.2, -0.15) is 0 Å². The fraction of sp³-hybridized carbons (Fsp3) is 0.400. The molecule has 0 saturated heterocycles. The lowest BCUT2D eigenvalue weighted by Gasteiger charge is -2.20. The minimum atomic E-state index is -0.0847. The molecule has 0 spiro atoms. The van der Waals surface area contributed by atoms with E-state index in [1.807, 2.05) is 24.4 Å². The number of aryl methyl sites for hydroxylation is 1. The van der Waals surface area contributed by atoms with E-state index >= 15 is 0 Å². The normalized spacial score (nSPS) is 12.2. The fourth-order valence-electron chi connectivity index (χ4n) is 2.37. The Labute approximate surface area is 124 Å². The first-order valence-corrected chi connectivity index (χ1v) is 6.91. The van der Waals surface area contributed by atoms with Gasteiger partial charge in [-0.1, -0.05) is 6.07 Å². The molecule has 2 rings (SSSR count). The van der Waals surface area contributed by atoms with Crippen LogP contribution in [0.2, 0.25) is 0 Å². The van der Waals surface area contributed by atoms with E-state index in [9.17, 15) is 0 Å². The highest BCUT2D eigenvalue weighted by Gasteiger charge is 2.18. The summed E-state index contributed by atoms with van der Waals surface area (Å²) in [6, 6.07) is 5.63. The quantitative estimate of drug-likeness (QED) is 0.599. The summed E-state index contributed by atoms with van der Waals surface area (Å²) in [5.41, 5.74) is 3.82. The maximum atomic E-state index is 5.73. The standard InChI is InChI=1S/C15H22N4O2/c1-4-19-8-7-17-15(19)10-13(18-16)12-6-5-11(20-2)9-14(12)21-3/h5-9,13,18H,4,10,16H2,1-3H3. The lowest BCUT2D eigenvalue weighted by atomic mass is 10.0. The molecule has 3 N–H and O–H groups in total. The van der Waals surface area contributed by atoms with Crippen molar-refractivity contribution >= 4 is 0 Å². The van der Waals surface area contributed by atoms with Crippen molar-refractivity contribution < 1.29 is 9.47 Å². The van der Waals surface area contributed by atoms with Crippen molar-refractivity contribution in [2.75, 3.05) is 14.2 Å². The maximum Gasteiger partial charge on any atom is 0.127 e. The number of methoxy groups -OCH3 is 2. The van der Waals surface area contributed by atoms with Crippen LogP contribution in [0, 0.1) is 0 Å². The molecule has 0 bridgehead atoms. The van der Waals surface area contributed by atoms with Crippen LogP contribution < -0.4 is 20.7 Å². The molecule has 0 aliphatic rings. The third-order valence-electron chi connectivity index (χ3n) is 3.55. The van der Waals surface area contributed by atoms with E-state index in [1.54, 1.807) is 20.4 Å². The zero-order valence-electron chi connectivity index (χ0n) is 12.7. The van der Waals surface area contributed by atoms with Crippen LogP contribution in [0.15, 0.2) is 30.6 Å². The monoisotopic (exact) mass is 290 g/mol. The van der Waals surface area contributed by atoms with Crippen molar-refractivity contribution in [3.8, 4) is 11.5 Å². The van der Waals surface area contributed by atoms with Gasteiger partial charge < -0.3 is 14.0 Å². The van der Waals surface area contributed by atoms with E-state index in [4.69, 9.17) is 15.3 Å². The first-order valence-electron chi connectivity index (χ1n) is 6.91. The molecule has 0 amide bonds. The number of nitrogens with zero attached hydrogens (tertiary/aromatic N) is 2. The number of hydrogen-bond acceptors (Lipinski definition) is 5. The van der Waals surface area contributed by atoms with Gasteiger partial charge in [0.2, 0.25) is 0 Å². The number of imidazole rings is 1. The molecular formula is C15H22N4O2. The van der Waals surface area contributed by atoms with Gasteiger partial charge in [0.05, 0.1) is 20.3 Å². The molecule has 1 aromatic carbocycles. The number of hydrogen-bond donors (Lipinski definition) is 2. The zero-order valence-corrected chi connectivity index (χ0v) is 12.7. The summed E-state index contributed by atoms with van der Waals surface area (Å²) >= 11 is 0. The number of rotatable bonds is 7. The fourth-order valence-corrected chi connectivity index (χ4v) is 2.37. The third kappa shape index (κ3) is 3.34. The molecule has 114 valence electrons. The minimum absolute atomic E-state index is 0.0847. The molecule has 0 fully saturated rings. The van der Waals surface area contributed by atoms with Crippen LogP contribution in [0.4, 0.5) is 0 Å². The molecule has 1 aromatic heterocycles. The Balaban J connectivity index is 2.29. The molecule has 6 nitrogen and oxygen atoms in total. The summed E-state index contributed by atoms with van der Waals surface area (Å²) in [5, 5.41) is 0. The Kier molecular flexibility index (Phi) is 5.19. The molecular weight excluding hydrogens is 268 g/mol. The Morgan fingerprint density at radius 2 is 2.14 bits per heavy atom. The second-order valence-corrected chi connectivity index (χ2v) is 4.66. The largest absolute Gasteiger partial charge is 0.497 e. The van der Waals surface area contributed by atoms with Gasteiger partial charge in [-0.25, -0.2) is 4.98 Å². The Hall–Kier alpha value is -2.05. The van der Waals surface area contributed by atoms with Gasteiger partial charge in [0.15, 0.2) is 0 Å². The van der Waals surface area contributed by atoms with Crippen LogP contribution in [-0.2, 0) is 13.0 Å². The lowest BCUT2D eigenvalue weighted by Crippen LogP contribution is -2.30. The summed E-state index contributed by atoms with van der Waals surface area (Å²) in [5.74, 6) is 8.21. The second-order valence-electron chi connectivity index (χ2n) is 4.66. The first kappa shape index (κ1) is 15.3. The number of nitrogens with one attached hydrogen (secondary N) is 1. The smallest absolute Gasteiger partial charge is 0.127 e. The summed E-state index contributed by atoms with van der Waals surface area (Å²) in [7, 11) is 3.27. The molecule has 0 radical (unpaired) electrons.